The topological polar surface area (TPSA) is 68.0 Å². The van der Waals surface area contributed by atoms with E-state index in [-0.39, 0.29) is 5.91 Å². The fraction of sp³-hybridized carbons (Fsp3) is 0.143. The lowest BCUT2D eigenvalue weighted by molar-refractivity contribution is 0.0963. The summed E-state index contributed by atoms with van der Waals surface area (Å²) in [4.78, 5) is 15.6. The van der Waals surface area contributed by atoms with E-state index in [0.717, 1.165) is 16.8 Å². The van der Waals surface area contributed by atoms with Crippen LogP contribution in [0.4, 0.5) is 5.82 Å². The average molecular weight is 241 g/mol. The van der Waals surface area contributed by atoms with E-state index in [1.54, 1.807) is 19.2 Å². The largest absolute Gasteiger partial charge is 0.384 e. The van der Waals surface area contributed by atoms with E-state index in [9.17, 15) is 4.79 Å². The molecule has 0 spiro atoms. The number of hydrogen-bond acceptors (Lipinski definition) is 3. The molecule has 0 fully saturated rings. The summed E-state index contributed by atoms with van der Waals surface area (Å²) in [6.45, 7) is 1.90. The minimum absolute atomic E-state index is 0.0908. The van der Waals surface area contributed by atoms with Crippen LogP contribution in [-0.4, -0.2) is 17.9 Å². The Hall–Kier alpha value is -2.36. The molecule has 1 aromatic carbocycles. The van der Waals surface area contributed by atoms with Gasteiger partial charge in [0.1, 0.15) is 5.82 Å². The standard InChI is InChI=1S/C14H15N3O/c1-9-7-12(8-13(15)17-9)10-3-5-11(6-4-10)14(18)16-2/h3-8H,1-2H3,(H2,15,17)(H,16,18). The van der Waals surface area contributed by atoms with Crippen molar-refractivity contribution in [3.8, 4) is 11.1 Å². The van der Waals surface area contributed by atoms with E-state index in [2.05, 4.69) is 10.3 Å². The first-order chi connectivity index (χ1) is 8.60. The number of amides is 1. The van der Waals surface area contributed by atoms with Crippen LogP contribution in [0.2, 0.25) is 0 Å². The van der Waals surface area contributed by atoms with Crippen LogP contribution in [0, 0.1) is 6.92 Å². The minimum Gasteiger partial charge on any atom is -0.384 e. The molecule has 0 aliphatic rings. The molecular formula is C14H15N3O. The molecule has 18 heavy (non-hydrogen) atoms. The van der Waals surface area contributed by atoms with Crippen LogP contribution >= 0.6 is 0 Å². The Balaban J connectivity index is 2.37. The van der Waals surface area contributed by atoms with Gasteiger partial charge >= 0.3 is 0 Å². The Morgan fingerprint density at radius 1 is 1.17 bits per heavy atom. The lowest BCUT2D eigenvalue weighted by atomic mass is 10.0. The summed E-state index contributed by atoms with van der Waals surface area (Å²) in [6.07, 6.45) is 0. The van der Waals surface area contributed by atoms with Crippen molar-refractivity contribution in [3.63, 3.8) is 0 Å². The number of pyridine rings is 1. The lowest BCUT2D eigenvalue weighted by Crippen LogP contribution is -2.17. The van der Waals surface area contributed by atoms with Gasteiger partial charge in [-0.05, 0) is 42.3 Å². The SMILES string of the molecule is CNC(=O)c1ccc(-c2cc(C)nc(N)c2)cc1. The third kappa shape index (κ3) is 2.48. The Labute approximate surface area is 106 Å². The molecule has 0 atom stereocenters. The van der Waals surface area contributed by atoms with Crippen molar-refractivity contribution in [1.29, 1.82) is 0 Å². The molecule has 3 N–H and O–H groups in total. The fourth-order valence-electron chi connectivity index (χ4n) is 1.82. The molecule has 1 amide bonds. The van der Waals surface area contributed by atoms with Gasteiger partial charge in [-0.15, -0.1) is 0 Å². The number of benzene rings is 1. The number of carbonyl (C=O) groups is 1. The van der Waals surface area contributed by atoms with Crippen molar-refractivity contribution in [1.82, 2.24) is 10.3 Å². The maximum atomic E-state index is 11.4. The zero-order chi connectivity index (χ0) is 13.1. The molecule has 0 radical (unpaired) electrons. The summed E-state index contributed by atoms with van der Waals surface area (Å²) in [5.41, 5.74) is 9.25. The second-order valence-electron chi connectivity index (χ2n) is 4.08. The monoisotopic (exact) mass is 241 g/mol. The average Bonchev–Trinajstić information content (AvgIpc) is 2.37. The van der Waals surface area contributed by atoms with Crippen LogP contribution in [0.1, 0.15) is 16.1 Å². The van der Waals surface area contributed by atoms with E-state index in [4.69, 9.17) is 5.73 Å². The smallest absolute Gasteiger partial charge is 0.251 e. The van der Waals surface area contributed by atoms with Crippen molar-refractivity contribution < 1.29 is 4.79 Å². The maximum absolute atomic E-state index is 11.4. The molecule has 4 nitrogen and oxygen atoms in total. The number of nitrogens with one attached hydrogen (secondary N) is 1. The molecule has 0 unspecified atom stereocenters. The van der Waals surface area contributed by atoms with Crippen molar-refractivity contribution >= 4 is 11.7 Å². The van der Waals surface area contributed by atoms with Gasteiger partial charge in [-0.3, -0.25) is 4.79 Å². The highest BCUT2D eigenvalue weighted by molar-refractivity contribution is 5.94. The number of nitrogen functional groups attached to an aromatic ring is 1. The van der Waals surface area contributed by atoms with Crippen LogP contribution in [0.25, 0.3) is 11.1 Å². The molecule has 0 aliphatic carbocycles. The highest BCUT2D eigenvalue weighted by atomic mass is 16.1. The summed E-state index contributed by atoms with van der Waals surface area (Å²) < 4.78 is 0. The Bertz CT molecular complexity index is 556. The van der Waals surface area contributed by atoms with Crippen LogP contribution < -0.4 is 11.1 Å². The predicted octanol–water partition coefficient (Wildman–Crippen LogP) is 2.00. The highest BCUT2D eigenvalue weighted by Crippen LogP contribution is 2.22. The van der Waals surface area contributed by atoms with Gasteiger partial charge in [0.25, 0.3) is 5.91 Å². The van der Waals surface area contributed by atoms with Crippen molar-refractivity contribution in [3.05, 3.63) is 47.7 Å². The molecule has 0 saturated heterocycles. The molecule has 4 heteroatoms. The van der Waals surface area contributed by atoms with Gasteiger partial charge in [-0.1, -0.05) is 12.1 Å². The van der Waals surface area contributed by atoms with Crippen LogP contribution in [-0.2, 0) is 0 Å². The summed E-state index contributed by atoms with van der Waals surface area (Å²) >= 11 is 0. The van der Waals surface area contributed by atoms with E-state index >= 15 is 0 Å². The highest BCUT2D eigenvalue weighted by Gasteiger charge is 2.04. The van der Waals surface area contributed by atoms with E-state index < -0.39 is 0 Å². The summed E-state index contributed by atoms with van der Waals surface area (Å²) in [5.74, 6) is 0.410. The van der Waals surface area contributed by atoms with Crippen LogP contribution in [0.3, 0.4) is 0 Å². The maximum Gasteiger partial charge on any atom is 0.251 e. The number of anilines is 1. The number of aryl methyl sites for hydroxylation is 1. The number of aromatic nitrogens is 1. The number of nitrogens with zero attached hydrogens (tertiary/aromatic N) is 1. The first-order valence-electron chi connectivity index (χ1n) is 5.67. The van der Waals surface area contributed by atoms with Gasteiger partial charge in [-0.2, -0.15) is 0 Å². The lowest BCUT2D eigenvalue weighted by Gasteiger charge is -2.05. The predicted molar refractivity (Wildman–Crippen MR) is 72.2 cm³/mol. The molecule has 0 saturated carbocycles. The quantitative estimate of drug-likeness (QED) is 0.845. The summed E-state index contributed by atoms with van der Waals surface area (Å²) in [7, 11) is 1.61. The van der Waals surface area contributed by atoms with E-state index in [0.29, 0.717) is 11.4 Å². The Kier molecular flexibility index (Phi) is 3.28. The van der Waals surface area contributed by atoms with Gasteiger partial charge < -0.3 is 11.1 Å². The third-order valence-electron chi connectivity index (χ3n) is 2.68. The summed E-state index contributed by atoms with van der Waals surface area (Å²) in [6, 6.07) is 11.2. The minimum atomic E-state index is -0.0908. The van der Waals surface area contributed by atoms with Gasteiger partial charge in [0, 0.05) is 18.3 Å². The molecule has 2 aromatic rings. The number of nitrogens with two attached hydrogens (primary N) is 1. The third-order valence-corrected chi connectivity index (χ3v) is 2.68. The van der Waals surface area contributed by atoms with Crippen molar-refractivity contribution in [2.45, 2.75) is 6.92 Å². The fourth-order valence-corrected chi connectivity index (χ4v) is 1.82. The van der Waals surface area contributed by atoms with Crippen molar-refractivity contribution in [2.24, 2.45) is 0 Å². The molecule has 1 heterocycles. The van der Waals surface area contributed by atoms with Crippen LogP contribution in [0.15, 0.2) is 36.4 Å². The van der Waals surface area contributed by atoms with Gasteiger partial charge in [0.05, 0.1) is 0 Å². The van der Waals surface area contributed by atoms with Crippen LogP contribution in [0.5, 0.6) is 0 Å². The first-order valence-corrected chi connectivity index (χ1v) is 5.67. The number of carbonyl (C=O) groups excluding carboxylic acids is 1. The first kappa shape index (κ1) is 12.1. The second-order valence-corrected chi connectivity index (χ2v) is 4.08. The molecule has 92 valence electrons. The van der Waals surface area contributed by atoms with E-state index in [1.165, 1.54) is 0 Å². The van der Waals surface area contributed by atoms with E-state index in [1.807, 2.05) is 31.2 Å². The molecule has 0 bridgehead atoms. The van der Waals surface area contributed by atoms with Gasteiger partial charge in [0.2, 0.25) is 0 Å². The second kappa shape index (κ2) is 4.87. The van der Waals surface area contributed by atoms with Gasteiger partial charge in [-0.25, -0.2) is 4.98 Å². The molecule has 0 aliphatic heterocycles. The number of hydrogen-bond donors (Lipinski definition) is 2. The van der Waals surface area contributed by atoms with Crippen molar-refractivity contribution in [2.75, 3.05) is 12.8 Å². The Morgan fingerprint density at radius 2 is 1.83 bits per heavy atom. The molecular weight excluding hydrogens is 226 g/mol. The Morgan fingerprint density at radius 3 is 2.39 bits per heavy atom. The zero-order valence-electron chi connectivity index (χ0n) is 10.4. The zero-order valence-corrected chi connectivity index (χ0v) is 10.4. The molecule has 2 rings (SSSR count). The molecule has 1 aromatic heterocycles. The normalized spacial score (nSPS) is 10.1. The summed E-state index contributed by atoms with van der Waals surface area (Å²) in [5, 5.41) is 2.59. The van der Waals surface area contributed by atoms with Gasteiger partial charge in [0.15, 0.2) is 0 Å². The number of rotatable bonds is 2.